The van der Waals surface area contributed by atoms with Crippen LogP contribution in [0.15, 0.2) is 291 Å². The summed E-state index contributed by atoms with van der Waals surface area (Å²) in [6, 6.07) is 60.9. The van der Waals surface area contributed by atoms with Gasteiger partial charge in [0.05, 0.1) is 0 Å². The van der Waals surface area contributed by atoms with Gasteiger partial charge in [-0.15, -0.1) is 0 Å². The molecule has 0 unspecified atom stereocenters. The van der Waals surface area contributed by atoms with Crippen molar-refractivity contribution < 1.29 is 38.4 Å². The Kier molecular flexibility index (Phi) is 18.0. The molecule has 12 aromatic heterocycles. The van der Waals surface area contributed by atoms with Gasteiger partial charge in [-0.3, -0.25) is 0 Å². The van der Waals surface area contributed by atoms with E-state index in [2.05, 4.69) is 55.1 Å². The maximum atomic E-state index is 13.0. The standard InChI is InChI=1S/C24H13N3O2Se.C24H13N3O2Te.C20H11N3O2Se.C20H11N3O2Te/c2*28-22-18-9-14-3-1-2-4-15(14)10-19(18)23(29)20(22)11-17-5-6-21(30-17)27-8-7-16-12-25-13-26-24(16)27;2*24-18-14-3-1-2-4-15(14)19(25)16(18)9-13-5-6-17(26-13)23-8-7-12-10-21-11-22-20(12)23/h2*1-13H;2*1-11H. The van der Waals surface area contributed by atoms with E-state index in [0.29, 0.717) is 44.5 Å². The van der Waals surface area contributed by atoms with E-state index in [9.17, 15) is 38.4 Å². The molecule has 0 spiro atoms. The molecule has 0 aliphatic heterocycles. The fraction of sp³-hybridized carbons (Fsp3) is 0. The third-order valence-electron chi connectivity index (χ3n) is 19.5. The first-order valence-corrected chi connectivity index (χ1v) is 42.9. The van der Waals surface area contributed by atoms with Gasteiger partial charge in [0.1, 0.15) is 0 Å². The van der Waals surface area contributed by atoms with Crippen LogP contribution in [0.4, 0.5) is 0 Å². The van der Waals surface area contributed by atoms with Crippen molar-refractivity contribution in [2.75, 3.05) is 0 Å². The first kappa shape index (κ1) is 69.6. The summed E-state index contributed by atoms with van der Waals surface area (Å²) in [5.41, 5.74) is 8.52. The average Bonchev–Trinajstić information content (AvgIpc) is 1.61. The topological polar surface area (TPSA) is 259 Å². The number of nitrogens with zero attached hydrogens (tertiary/aromatic N) is 12. The zero-order chi connectivity index (χ0) is 75.8. The van der Waals surface area contributed by atoms with Crippen molar-refractivity contribution in [3.8, 4) is 16.5 Å². The van der Waals surface area contributed by atoms with Crippen LogP contribution in [-0.2, 0) is 0 Å². The third kappa shape index (κ3) is 12.6. The van der Waals surface area contributed by atoms with E-state index in [-0.39, 0.29) is 97.6 Å². The molecule has 0 atom stereocenters. The predicted octanol–water partition coefficient (Wildman–Crippen LogP) is 14.1. The molecular formula is C88H48N12O8Se2Te2. The van der Waals surface area contributed by atoms with E-state index in [4.69, 9.17) is 0 Å². The van der Waals surface area contributed by atoms with E-state index >= 15 is 0 Å². The number of hydrogen-bond donors (Lipinski definition) is 0. The normalized spacial score (nSPS) is 13.4. The molecule has 18 aromatic rings. The van der Waals surface area contributed by atoms with Crippen molar-refractivity contribution in [2.45, 2.75) is 0 Å². The Morgan fingerprint density at radius 2 is 0.545 bits per heavy atom. The molecule has 0 saturated heterocycles. The Morgan fingerprint density at radius 1 is 0.268 bits per heavy atom. The third-order valence-corrected chi connectivity index (χ3v) is 29.7. The molecule has 20 nitrogen and oxygen atoms in total. The van der Waals surface area contributed by atoms with Crippen LogP contribution >= 0.6 is 0 Å². The van der Waals surface area contributed by atoms with Gasteiger partial charge in [-0.25, -0.2) is 0 Å². The Balaban J connectivity index is 0.000000101. The first-order valence-electron chi connectivity index (χ1n) is 34.8. The van der Waals surface area contributed by atoms with E-state index in [1.807, 2.05) is 173 Å². The molecule has 12 heterocycles. The molecule has 4 aliphatic rings. The summed E-state index contributed by atoms with van der Waals surface area (Å²) in [5.74, 6) is -1.46. The number of carbonyl (C=O) groups is 8. The van der Waals surface area contributed by atoms with Crippen LogP contribution in [0.2, 0.25) is 0 Å². The Labute approximate surface area is 665 Å². The zero-order valence-corrected chi connectivity index (χ0v) is 66.1. The minimum atomic E-state index is -0.749. The molecule has 22 rings (SSSR count). The number of ketones is 8. The maximum absolute atomic E-state index is 13.0. The van der Waals surface area contributed by atoms with Crippen molar-refractivity contribution in [1.29, 1.82) is 0 Å². The van der Waals surface area contributed by atoms with Crippen molar-refractivity contribution in [3.05, 3.63) is 352 Å². The van der Waals surface area contributed by atoms with Crippen molar-refractivity contribution in [2.24, 2.45) is 0 Å². The van der Waals surface area contributed by atoms with Crippen LogP contribution in [0, 0.1) is 0 Å². The molecule has 24 heteroatoms. The van der Waals surface area contributed by atoms with Crippen LogP contribution in [-0.4, -0.2) is 174 Å². The molecule has 0 bridgehead atoms. The fourth-order valence-corrected chi connectivity index (χ4v) is 23.3. The summed E-state index contributed by atoms with van der Waals surface area (Å²) in [4.78, 5) is 136. The van der Waals surface area contributed by atoms with Crippen molar-refractivity contribution >= 4 is 206 Å². The molecule has 112 heavy (non-hydrogen) atoms. The van der Waals surface area contributed by atoms with Gasteiger partial charge in [0, 0.05) is 0 Å². The Morgan fingerprint density at radius 3 is 0.866 bits per heavy atom. The van der Waals surface area contributed by atoms with Gasteiger partial charge < -0.3 is 0 Å². The Bertz CT molecular complexity index is 6640. The van der Waals surface area contributed by atoms with Gasteiger partial charge in [0.15, 0.2) is 0 Å². The number of fused-ring (bicyclic) bond motifs is 10. The van der Waals surface area contributed by atoms with Gasteiger partial charge in [-0.1, -0.05) is 0 Å². The van der Waals surface area contributed by atoms with Crippen LogP contribution in [0.3, 0.4) is 0 Å². The number of hydrogen-bond acceptors (Lipinski definition) is 16. The number of aromatic nitrogens is 12. The molecule has 4 aliphatic carbocycles. The monoisotopic (exact) mass is 1820 g/mol. The van der Waals surface area contributed by atoms with Gasteiger partial charge in [0.25, 0.3) is 0 Å². The summed E-state index contributed by atoms with van der Waals surface area (Å²) >= 11 is -1.52. The van der Waals surface area contributed by atoms with Gasteiger partial charge in [-0.05, 0) is 0 Å². The molecule has 0 N–H and O–H groups in total. The second kappa shape index (κ2) is 28.9. The van der Waals surface area contributed by atoms with E-state index in [1.165, 1.54) is 26.4 Å². The predicted molar refractivity (Wildman–Crippen MR) is 431 cm³/mol. The second-order valence-corrected chi connectivity index (χ2v) is 36.9. The summed E-state index contributed by atoms with van der Waals surface area (Å²) in [5, 5.41) is 7.81. The fourth-order valence-electron chi connectivity index (χ4n) is 14.1. The zero-order valence-electron chi connectivity index (χ0n) is 58.0. The summed E-state index contributed by atoms with van der Waals surface area (Å²) in [7, 11) is 0. The van der Waals surface area contributed by atoms with Crippen LogP contribution in [0.25, 0.3) is 107 Å². The summed E-state index contributed by atoms with van der Waals surface area (Å²) < 4.78 is 16.9. The van der Waals surface area contributed by atoms with E-state index < -0.39 is 40.9 Å². The molecule has 532 valence electrons. The van der Waals surface area contributed by atoms with Gasteiger partial charge in [-0.2, -0.15) is 0 Å². The Hall–Kier alpha value is -12.8. The minimum absolute atomic E-state index is 0.0146. The molecule has 0 amide bonds. The summed E-state index contributed by atoms with van der Waals surface area (Å²) in [6.07, 6.45) is 28.3. The molecule has 0 radical (unpaired) electrons. The second-order valence-electron chi connectivity index (χ2n) is 26.1. The number of allylic oxidation sites excluding steroid dienone is 4. The molecular weight excluding hydrogens is 1770 g/mol. The molecule has 0 saturated carbocycles. The number of benzene rings is 6. The average molecular weight is 1810 g/mol. The number of rotatable bonds is 8. The van der Waals surface area contributed by atoms with Gasteiger partial charge >= 0.3 is 671 Å². The molecule has 6 aromatic carbocycles. The first-order chi connectivity index (χ1) is 54.8. The SMILES string of the molecule is O=C1C(=Cc2ccc(-n3ccc4cncnc43)[se]2)C(=O)c2cc3ccccc3cc21.O=C1C(=Cc2ccc(-n3ccc4cncnc43)[se]2)C(=O)c2ccccc21.O=C1C(=Cc2ccc(-n3ccc4cncnc43)[te]2)C(=O)c2cc3ccccc3cc21.O=C1C(=Cc2ccc(-n3ccc4cncnc43)[te]2)C(=O)c2ccccc21. The quantitative estimate of drug-likeness (QED) is 0.0778. The van der Waals surface area contributed by atoms with Gasteiger partial charge in [0.2, 0.25) is 0 Å². The van der Waals surface area contributed by atoms with Crippen LogP contribution in [0.1, 0.15) is 98.9 Å². The van der Waals surface area contributed by atoms with Crippen LogP contribution < -0.4 is 0 Å². The number of carbonyl (C=O) groups excluding carboxylic acids is 8. The summed E-state index contributed by atoms with van der Waals surface area (Å²) in [6.45, 7) is 0. The van der Waals surface area contributed by atoms with Crippen molar-refractivity contribution in [3.63, 3.8) is 0 Å². The van der Waals surface area contributed by atoms with E-state index in [1.54, 1.807) is 104 Å². The molecule has 0 fully saturated rings. The number of Topliss-reactive ketones (excluding diaryl/α,β-unsaturated/α-hetero) is 8. The van der Waals surface area contributed by atoms with Crippen molar-refractivity contribution in [1.82, 2.24) is 58.1 Å². The van der Waals surface area contributed by atoms with E-state index in [0.717, 1.165) is 90.8 Å². The van der Waals surface area contributed by atoms with Crippen LogP contribution in [0.5, 0.6) is 0 Å².